The fraction of sp³-hybridized carbons (Fsp3) is 0.444. The minimum Gasteiger partial charge on any atom is -0.362 e. The molecular weight excluding hydrogens is 442 g/mol. The minimum atomic E-state index is 0.0376. The Labute approximate surface area is 207 Å². The van der Waals surface area contributed by atoms with E-state index in [1.165, 1.54) is 5.56 Å². The van der Waals surface area contributed by atoms with Crippen LogP contribution in [0.4, 0.5) is 5.69 Å². The van der Waals surface area contributed by atoms with Gasteiger partial charge in [0.2, 0.25) is 0 Å². The molecule has 1 atom stereocenters. The minimum absolute atomic E-state index is 0.0376. The highest BCUT2D eigenvalue weighted by atomic mass is 32.1. The van der Waals surface area contributed by atoms with Gasteiger partial charge in [-0.15, -0.1) is 0 Å². The molecule has 0 saturated carbocycles. The third kappa shape index (κ3) is 6.02. The zero-order valence-corrected chi connectivity index (χ0v) is 21.2. The lowest BCUT2D eigenvalue weighted by molar-refractivity contribution is 0.0944. The Hall–Kier alpha value is -2.77. The summed E-state index contributed by atoms with van der Waals surface area (Å²) in [5.41, 5.74) is 5.30. The zero-order chi connectivity index (χ0) is 23.9. The van der Waals surface area contributed by atoms with E-state index < -0.39 is 0 Å². The summed E-state index contributed by atoms with van der Waals surface area (Å²) >= 11 is 1.74. The maximum absolute atomic E-state index is 12.7. The fourth-order valence-corrected chi connectivity index (χ4v) is 5.59. The molecule has 1 fully saturated rings. The van der Waals surface area contributed by atoms with Gasteiger partial charge in [0.25, 0.3) is 5.91 Å². The summed E-state index contributed by atoms with van der Waals surface area (Å²) in [6.45, 7) is 9.98. The molecule has 4 rings (SSSR count). The summed E-state index contributed by atoms with van der Waals surface area (Å²) in [5, 5.41) is 7.50. The Balaban J connectivity index is 1.28. The number of carbonyl (C=O) groups excluding carboxylic acids is 1. The lowest BCUT2D eigenvalue weighted by atomic mass is 9.99. The summed E-state index contributed by atoms with van der Waals surface area (Å²) in [7, 11) is 0. The van der Waals surface area contributed by atoms with Crippen LogP contribution in [0, 0.1) is 13.8 Å². The van der Waals surface area contributed by atoms with Crippen molar-refractivity contribution in [1.29, 1.82) is 0 Å². The van der Waals surface area contributed by atoms with Crippen molar-refractivity contribution in [2.24, 2.45) is 0 Å². The van der Waals surface area contributed by atoms with Crippen LogP contribution in [0.2, 0.25) is 0 Å². The van der Waals surface area contributed by atoms with Gasteiger partial charge in [-0.05, 0) is 73.6 Å². The van der Waals surface area contributed by atoms with E-state index >= 15 is 0 Å². The van der Waals surface area contributed by atoms with Crippen molar-refractivity contribution in [1.82, 2.24) is 20.2 Å². The molecule has 0 bridgehead atoms. The summed E-state index contributed by atoms with van der Waals surface area (Å²) in [6.07, 6.45) is 8.61. The number of hydrogen-bond donors (Lipinski definition) is 1. The standard InChI is InChI=1S/C27H35N5OS/c1-20-5-4-6-21(2)26(20)27(33)30-11-7-22(3)31-12-8-24(9-13-31)32(17-23-10-14-34-18-23)25-15-28-19-29-16-25/h4-6,10,14-16,18-19,22,24H,7-9,11-13,17H2,1-3H3,(H,30,33). The number of benzene rings is 1. The first-order valence-electron chi connectivity index (χ1n) is 12.1. The van der Waals surface area contributed by atoms with Gasteiger partial charge in [0, 0.05) is 43.8 Å². The summed E-state index contributed by atoms with van der Waals surface area (Å²) in [6, 6.07) is 9.10. The number of aryl methyl sites for hydroxylation is 2. The first-order chi connectivity index (χ1) is 16.5. The third-order valence-electron chi connectivity index (χ3n) is 6.93. The van der Waals surface area contributed by atoms with E-state index in [0.29, 0.717) is 18.6 Å². The lowest BCUT2D eigenvalue weighted by Gasteiger charge is -2.41. The number of piperidine rings is 1. The van der Waals surface area contributed by atoms with Crippen LogP contribution < -0.4 is 10.2 Å². The molecule has 1 N–H and O–H groups in total. The first-order valence-corrected chi connectivity index (χ1v) is 13.1. The van der Waals surface area contributed by atoms with Crippen molar-refractivity contribution in [3.8, 4) is 0 Å². The first kappa shape index (κ1) is 24.4. The molecular formula is C27H35N5OS. The molecule has 180 valence electrons. The number of amides is 1. The second-order valence-corrected chi connectivity index (χ2v) is 10.1. The Morgan fingerprint density at radius 2 is 1.88 bits per heavy atom. The van der Waals surface area contributed by atoms with Crippen LogP contribution in [0.25, 0.3) is 0 Å². The third-order valence-corrected chi connectivity index (χ3v) is 7.66. The molecule has 1 aliphatic heterocycles. The molecule has 2 aromatic heterocycles. The number of nitrogens with one attached hydrogen (secondary N) is 1. The van der Waals surface area contributed by atoms with Crippen molar-refractivity contribution in [3.05, 3.63) is 76.0 Å². The Bertz CT molecular complexity index is 1030. The smallest absolute Gasteiger partial charge is 0.251 e. The summed E-state index contributed by atoms with van der Waals surface area (Å²) in [4.78, 5) is 26.2. The van der Waals surface area contributed by atoms with E-state index in [2.05, 4.69) is 48.8 Å². The van der Waals surface area contributed by atoms with Gasteiger partial charge in [-0.25, -0.2) is 9.97 Å². The molecule has 34 heavy (non-hydrogen) atoms. The monoisotopic (exact) mass is 477 g/mol. The normalized spacial score (nSPS) is 15.7. The number of thiophene rings is 1. The highest BCUT2D eigenvalue weighted by Gasteiger charge is 2.27. The number of carbonyl (C=O) groups is 1. The van der Waals surface area contributed by atoms with E-state index in [-0.39, 0.29) is 5.91 Å². The van der Waals surface area contributed by atoms with Gasteiger partial charge in [0.05, 0.1) is 18.1 Å². The molecule has 3 heterocycles. The largest absolute Gasteiger partial charge is 0.362 e. The molecule has 1 saturated heterocycles. The molecule has 3 aromatic rings. The van der Waals surface area contributed by atoms with E-state index in [4.69, 9.17) is 0 Å². The Kier molecular flexibility index (Phi) is 8.29. The molecule has 1 unspecified atom stereocenters. The topological polar surface area (TPSA) is 61.4 Å². The Morgan fingerprint density at radius 3 is 2.53 bits per heavy atom. The SMILES string of the molecule is Cc1cccc(C)c1C(=O)NCCC(C)N1CCC(N(Cc2ccsc2)c2cncnc2)CC1. The van der Waals surface area contributed by atoms with Crippen LogP contribution in [-0.4, -0.2) is 52.5 Å². The quantitative estimate of drug-likeness (QED) is 0.478. The van der Waals surface area contributed by atoms with Crippen LogP contribution in [-0.2, 0) is 6.54 Å². The maximum Gasteiger partial charge on any atom is 0.251 e. The highest BCUT2D eigenvalue weighted by Crippen LogP contribution is 2.26. The second kappa shape index (κ2) is 11.6. The van der Waals surface area contributed by atoms with Gasteiger partial charge in [-0.2, -0.15) is 11.3 Å². The number of hydrogen-bond acceptors (Lipinski definition) is 6. The van der Waals surface area contributed by atoms with Crippen molar-refractivity contribution >= 4 is 22.9 Å². The van der Waals surface area contributed by atoms with Crippen LogP contribution in [0.1, 0.15) is 53.2 Å². The van der Waals surface area contributed by atoms with E-state index in [0.717, 1.165) is 61.3 Å². The van der Waals surface area contributed by atoms with Gasteiger partial charge in [0.15, 0.2) is 0 Å². The predicted octanol–water partition coefficient (Wildman–Crippen LogP) is 4.83. The molecule has 1 aliphatic rings. The number of anilines is 1. The number of aromatic nitrogens is 2. The van der Waals surface area contributed by atoms with Gasteiger partial charge in [0.1, 0.15) is 6.33 Å². The number of rotatable bonds is 9. The van der Waals surface area contributed by atoms with E-state index in [1.54, 1.807) is 17.7 Å². The van der Waals surface area contributed by atoms with Crippen molar-refractivity contribution < 1.29 is 4.79 Å². The van der Waals surface area contributed by atoms with E-state index in [1.807, 2.05) is 44.4 Å². The summed E-state index contributed by atoms with van der Waals surface area (Å²) in [5.74, 6) is 0.0376. The van der Waals surface area contributed by atoms with Crippen molar-refractivity contribution in [2.75, 3.05) is 24.5 Å². The van der Waals surface area contributed by atoms with Gasteiger partial charge in [-0.1, -0.05) is 18.2 Å². The van der Waals surface area contributed by atoms with Crippen LogP contribution in [0.3, 0.4) is 0 Å². The lowest BCUT2D eigenvalue weighted by Crippen LogP contribution is -2.48. The molecule has 0 radical (unpaired) electrons. The van der Waals surface area contributed by atoms with Crippen molar-refractivity contribution in [2.45, 2.75) is 58.7 Å². The van der Waals surface area contributed by atoms with Crippen molar-refractivity contribution in [3.63, 3.8) is 0 Å². The molecule has 6 nitrogen and oxygen atoms in total. The average Bonchev–Trinajstić information content (AvgIpc) is 3.36. The average molecular weight is 478 g/mol. The molecule has 1 amide bonds. The van der Waals surface area contributed by atoms with Crippen LogP contribution >= 0.6 is 11.3 Å². The number of likely N-dealkylation sites (tertiary alicyclic amines) is 1. The fourth-order valence-electron chi connectivity index (χ4n) is 4.93. The molecule has 0 aliphatic carbocycles. The van der Waals surface area contributed by atoms with Crippen LogP contribution in [0.15, 0.2) is 53.7 Å². The van der Waals surface area contributed by atoms with Crippen LogP contribution in [0.5, 0.6) is 0 Å². The maximum atomic E-state index is 12.7. The second-order valence-electron chi connectivity index (χ2n) is 9.28. The van der Waals surface area contributed by atoms with Gasteiger partial charge in [-0.3, -0.25) is 4.79 Å². The molecule has 1 aromatic carbocycles. The predicted molar refractivity (Wildman–Crippen MR) is 139 cm³/mol. The van der Waals surface area contributed by atoms with E-state index in [9.17, 15) is 4.79 Å². The Morgan fingerprint density at radius 1 is 1.18 bits per heavy atom. The highest BCUT2D eigenvalue weighted by molar-refractivity contribution is 7.07. The number of nitrogens with zero attached hydrogens (tertiary/aromatic N) is 4. The molecule has 7 heteroatoms. The van der Waals surface area contributed by atoms with Gasteiger partial charge < -0.3 is 15.1 Å². The summed E-state index contributed by atoms with van der Waals surface area (Å²) < 4.78 is 0. The van der Waals surface area contributed by atoms with Gasteiger partial charge >= 0.3 is 0 Å². The zero-order valence-electron chi connectivity index (χ0n) is 20.4. The molecule has 0 spiro atoms.